The highest BCUT2D eigenvalue weighted by molar-refractivity contribution is 5.34. The summed E-state index contributed by atoms with van der Waals surface area (Å²) in [5.74, 6) is 3.36. The van der Waals surface area contributed by atoms with E-state index in [1.54, 1.807) is 0 Å². The van der Waals surface area contributed by atoms with Crippen LogP contribution < -0.4 is 0 Å². The van der Waals surface area contributed by atoms with Crippen molar-refractivity contribution in [1.29, 1.82) is 0 Å². The maximum Gasteiger partial charge on any atom is 0.104 e. The Morgan fingerprint density at radius 2 is 1.92 bits per heavy atom. The standard InChI is InChI=1S/C23H32O2/c1-21-10-4-3-5-16(21)6-7-18-17(21)8-11-22(2)19(15-9-12-24-14-15)13-20-23(18,22)25-20/h9,12,14,16-20H,3-8,10-11,13H2,1-2H3/t16-,17-,18+,19+,20+,21-,22+,23+/m0/s1. The highest BCUT2D eigenvalue weighted by Crippen LogP contribution is 2.77. The van der Waals surface area contributed by atoms with Crippen LogP contribution >= 0.6 is 0 Å². The van der Waals surface area contributed by atoms with Crippen LogP contribution in [0.2, 0.25) is 0 Å². The fourth-order valence-electron chi connectivity index (χ4n) is 8.70. The molecule has 1 aromatic rings. The summed E-state index contributed by atoms with van der Waals surface area (Å²) in [5.41, 5.74) is 2.54. The molecule has 4 saturated carbocycles. The van der Waals surface area contributed by atoms with E-state index in [0.29, 0.717) is 22.9 Å². The zero-order valence-corrected chi connectivity index (χ0v) is 15.8. The third-order valence-corrected chi connectivity index (χ3v) is 9.95. The first-order valence-corrected chi connectivity index (χ1v) is 10.8. The number of furan rings is 1. The first-order valence-electron chi connectivity index (χ1n) is 10.8. The fourth-order valence-corrected chi connectivity index (χ4v) is 8.70. The molecule has 2 nitrogen and oxygen atoms in total. The lowest BCUT2D eigenvalue weighted by Crippen LogP contribution is -2.57. The van der Waals surface area contributed by atoms with Gasteiger partial charge in [0.15, 0.2) is 0 Å². The van der Waals surface area contributed by atoms with Crippen molar-refractivity contribution in [1.82, 2.24) is 0 Å². The average Bonchev–Trinajstić information content (AvgIpc) is 2.98. The molecule has 5 fully saturated rings. The van der Waals surface area contributed by atoms with Gasteiger partial charge in [0.25, 0.3) is 0 Å². The molecule has 5 aliphatic rings. The van der Waals surface area contributed by atoms with Crippen LogP contribution in [0, 0.1) is 28.6 Å². The highest BCUT2D eigenvalue weighted by Gasteiger charge is 2.80. The van der Waals surface area contributed by atoms with E-state index >= 15 is 0 Å². The van der Waals surface area contributed by atoms with Gasteiger partial charge in [-0.2, -0.15) is 0 Å². The molecule has 8 atom stereocenters. The van der Waals surface area contributed by atoms with E-state index in [1.807, 2.05) is 12.5 Å². The third-order valence-electron chi connectivity index (χ3n) is 9.95. The van der Waals surface area contributed by atoms with Crippen LogP contribution in [0.1, 0.15) is 83.1 Å². The van der Waals surface area contributed by atoms with E-state index in [-0.39, 0.29) is 5.60 Å². The third kappa shape index (κ3) is 1.67. The second-order valence-electron chi connectivity index (χ2n) is 10.4. The van der Waals surface area contributed by atoms with Crippen molar-refractivity contribution in [3.05, 3.63) is 24.2 Å². The second kappa shape index (κ2) is 4.74. The molecule has 136 valence electrons. The summed E-state index contributed by atoms with van der Waals surface area (Å²) in [4.78, 5) is 0. The first-order chi connectivity index (χ1) is 12.1. The minimum absolute atomic E-state index is 0.198. The van der Waals surface area contributed by atoms with Crippen molar-refractivity contribution in [2.24, 2.45) is 28.6 Å². The van der Waals surface area contributed by atoms with Crippen LogP contribution in [0.3, 0.4) is 0 Å². The SMILES string of the molecule is C[C@]12CCCC[C@H]1CC[C@@H]1[C@@H]2CC[C@]2(C)[C@@H](c3ccoc3)C[C@H]3O[C@]132. The number of rotatable bonds is 1. The lowest BCUT2D eigenvalue weighted by Gasteiger charge is -2.60. The summed E-state index contributed by atoms with van der Waals surface area (Å²) >= 11 is 0. The molecule has 4 aliphatic carbocycles. The number of ether oxygens (including phenoxy) is 1. The minimum atomic E-state index is 0.198. The quantitative estimate of drug-likeness (QED) is 0.592. The van der Waals surface area contributed by atoms with Crippen LogP contribution in [-0.2, 0) is 4.74 Å². The van der Waals surface area contributed by atoms with Crippen molar-refractivity contribution < 1.29 is 9.15 Å². The largest absolute Gasteiger partial charge is 0.472 e. The minimum Gasteiger partial charge on any atom is -0.472 e. The van der Waals surface area contributed by atoms with Crippen molar-refractivity contribution in [3.63, 3.8) is 0 Å². The Morgan fingerprint density at radius 1 is 1.00 bits per heavy atom. The van der Waals surface area contributed by atoms with Crippen molar-refractivity contribution in [2.75, 3.05) is 0 Å². The van der Waals surface area contributed by atoms with Gasteiger partial charge in [0, 0.05) is 5.41 Å². The van der Waals surface area contributed by atoms with Crippen LogP contribution in [-0.4, -0.2) is 11.7 Å². The Balaban J connectivity index is 1.39. The first kappa shape index (κ1) is 15.3. The van der Waals surface area contributed by atoms with Gasteiger partial charge in [0.05, 0.1) is 18.6 Å². The maximum absolute atomic E-state index is 6.64. The Morgan fingerprint density at radius 3 is 2.76 bits per heavy atom. The summed E-state index contributed by atoms with van der Waals surface area (Å²) in [7, 11) is 0. The zero-order chi connectivity index (χ0) is 16.9. The van der Waals surface area contributed by atoms with Crippen molar-refractivity contribution >= 4 is 0 Å². The maximum atomic E-state index is 6.64. The van der Waals surface area contributed by atoms with Crippen LogP contribution in [0.4, 0.5) is 0 Å². The van der Waals surface area contributed by atoms with Gasteiger partial charge in [-0.05, 0) is 85.7 Å². The predicted molar refractivity (Wildman–Crippen MR) is 97.3 cm³/mol. The Kier molecular flexibility index (Phi) is 2.90. The lowest BCUT2D eigenvalue weighted by atomic mass is 9.44. The smallest absolute Gasteiger partial charge is 0.104 e. The summed E-state index contributed by atoms with van der Waals surface area (Å²) in [6.07, 6.45) is 17.2. The van der Waals surface area contributed by atoms with E-state index in [4.69, 9.17) is 9.15 Å². The van der Waals surface area contributed by atoms with Crippen LogP contribution in [0.5, 0.6) is 0 Å². The molecule has 0 radical (unpaired) electrons. The molecular formula is C23H32O2. The van der Waals surface area contributed by atoms with Gasteiger partial charge in [-0.3, -0.25) is 0 Å². The molecule has 1 aliphatic heterocycles. The fraction of sp³-hybridized carbons (Fsp3) is 0.826. The summed E-state index contributed by atoms with van der Waals surface area (Å²) in [6.45, 7) is 5.22. The van der Waals surface area contributed by atoms with Gasteiger partial charge < -0.3 is 9.15 Å². The topological polar surface area (TPSA) is 25.7 Å². The van der Waals surface area contributed by atoms with Crippen LogP contribution in [0.15, 0.2) is 23.0 Å². The van der Waals surface area contributed by atoms with E-state index in [2.05, 4.69) is 19.9 Å². The Hall–Kier alpha value is -0.760. The van der Waals surface area contributed by atoms with E-state index in [1.165, 1.54) is 63.4 Å². The summed E-state index contributed by atoms with van der Waals surface area (Å²) < 4.78 is 12.1. The van der Waals surface area contributed by atoms with Gasteiger partial charge >= 0.3 is 0 Å². The average molecular weight is 341 g/mol. The lowest BCUT2D eigenvalue weighted by molar-refractivity contribution is -0.126. The molecule has 1 saturated heterocycles. The van der Waals surface area contributed by atoms with E-state index in [9.17, 15) is 0 Å². The van der Waals surface area contributed by atoms with Crippen molar-refractivity contribution in [2.45, 2.75) is 89.3 Å². The number of fused-ring (bicyclic) bond motifs is 3. The molecule has 0 amide bonds. The van der Waals surface area contributed by atoms with Crippen molar-refractivity contribution in [3.8, 4) is 0 Å². The van der Waals surface area contributed by atoms with E-state index < -0.39 is 0 Å². The van der Waals surface area contributed by atoms with Gasteiger partial charge in [0.1, 0.15) is 5.60 Å². The normalized spacial score (nSPS) is 56.5. The molecule has 0 aromatic carbocycles. The van der Waals surface area contributed by atoms with Crippen LogP contribution in [0.25, 0.3) is 0 Å². The highest BCUT2D eigenvalue weighted by atomic mass is 16.6. The zero-order valence-electron chi connectivity index (χ0n) is 15.8. The van der Waals surface area contributed by atoms with Gasteiger partial charge in [-0.15, -0.1) is 0 Å². The van der Waals surface area contributed by atoms with Gasteiger partial charge in [-0.25, -0.2) is 0 Å². The van der Waals surface area contributed by atoms with Gasteiger partial charge in [0.2, 0.25) is 0 Å². The Labute approximate surface area is 151 Å². The molecule has 0 unspecified atom stereocenters. The number of hydrogen-bond donors (Lipinski definition) is 0. The molecule has 25 heavy (non-hydrogen) atoms. The predicted octanol–water partition coefficient (Wildman–Crippen LogP) is 5.93. The number of epoxide rings is 1. The number of hydrogen-bond acceptors (Lipinski definition) is 2. The summed E-state index contributed by atoms with van der Waals surface area (Å²) in [6, 6.07) is 2.21. The monoisotopic (exact) mass is 340 g/mol. The molecule has 1 spiro atoms. The summed E-state index contributed by atoms with van der Waals surface area (Å²) in [5, 5.41) is 0. The molecule has 2 heterocycles. The molecule has 1 aromatic heterocycles. The second-order valence-corrected chi connectivity index (χ2v) is 10.4. The molecule has 6 rings (SSSR count). The van der Waals surface area contributed by atoms with E-state index in [0.717, 1.165) is 17.8 Å². The molecule has 0 N–H and O–H groups in total. The Bertz CT molecular complexity index is 680. The molecule has 2 heteroatoms. The molecule has 0 bridgehead atoms. The van der Waals surface area contributed by atoms with Gasteiger partial charge in [-0.1, -0.05) is 26.7 Å². The molecular weight excluding hydrogens is 308 g/mol.